The van der Waals surface area contributed by atoms with Crippen LogP contribution in [0.4, 0.5) is 0 Å². The second kappa shape index (κ2) is 6.87. The Kier molecular flexibility index (Phi) is 5.78. The lowest BCUT2D eigenvalue weighted by Crippen LogP contribution is -2.39. The van der Waals surface area contributed by atoms with Gasteiger partial charge in [0, 0.05) is 12.6 Å². The van der Waals surface area contributed by atoms with E-state index in [2.05, 4.69) is 10.0 Å². The number of aryl methyl sites for hydroxylation is 1. The molecular weight excluding hydrogens is 248 g/mol. The molecule has 1 rings (SSSR count). The van der Waals surface area contributed by atoms with Crippen molar-refractivity contribution in [2.45, 2.75) is 38.1 Å². The maximum atomic E-state index is 12.2. The minimum absolute atomic E-state index is 0.124. The molecule has 0 radical (unpaired) electrons. The van der Waals surface area contributed by atoms with E-state index in [0.717, 1.165) is 12.1 Å². The number of benzene rings is 1. The van der Waals surface area contributed by atoms with Crippen molar-refractivity contribution in [3.05, 3.63) is 29.8 Å². The molecule has 1 atom stereocenters. The predicted molar refractivity (Wildman–Crippen MR) is 74.1 cm³/mol. The molecule has 5 heteroatoms. The van der Waals surface area contributed by atoms with Crippen LogP contribution in [0.25, 0.3) is 0 Å². The molecule has 0 fully saturated rings. The van der Waals surface area contributed by atoms with Crippen LogP contribution in [-0.2, 0) is 16.4 Å². The van der Waals surface area contributed by atoms with E-state index >= 15 is 0 Å². The molecule has 1 aromatic carbocycles. The molecule has 0 unspecified atom stereocenters. The van der Waals surface area contributed by atoms with Crippen molar-refractivity contribution >= 4 is 10.0 Å². The van der Waals surface area contributed by atoms with Crippen LogP contribution < -0.4 is 10.0 Å². The molecule has 0 aromatic heterocycles. The van der Waals surface area contributed by atoms with Crippen LogP contribution >= 0.6 is 0 Å². The monoisotopic (exact) mass is 270 g/mol. The highest BCUT2D eigenvalue weighted by molar-refractivity contribution is 7.89. The zero-order valence-corrected chi connectivity index (χ0v) is 12.0. The minimum Gasteiger partial charge on any atom is -0.313 e. The summed E-state index contributed by atoms with van der Waals surface area (Å²) in [5.74, 6) is 0. The van der Waals surface area contributed by atoms with Gasteiger partial charge in [0.05, 0.1) is 4.90 Å². The fourth-order valence-corrected chi connectivity index (χ4v) is 3.23. The third-order valence-corrected chi connectivity index (χ3v) is 4.30. The van der Waals surface area contributed by atoms with Gasteiger partial charge in [-0.15, -0.1) is 0 Å². The topological polar surface area (TPSA) is 58.2 Å². The predicted octanol–water partition coefficient (Wildman–Crippen LogP) is 1.53. The molecule has 0 heterocycles. The number of hydrogen-bond donors (Lipinski definition) is 2. The average molecular weight is 270 g/mol. The van der Waals surface area contributed by atoms with E-state index in [1.807, 2.05) is 32.9 Å². The van der Waals surface area contributed by atoms with Crippen molar-refractivity contribution in [2.75, 3.05) is 13.1 Å². The van der Waals surface area contributed by atoms with E-state index in [-0.39, 0.29) is 6.04 Å². The largest absolute Gasteiger partial charge is 0.313 e. The lowest BCUT2D eigenvalue weighted by atomic mass is 10.2. The summed E-state index contributed by atoms with van der Waals surface area (Å²) in [6.07, 6.45) is 0.708. The van der Waals surface area contributed by atoms with E-state index in [4.69, 9.17) is 0 Å². The van der Waals surface area contributed by atoms with Gasteiger partial charge in [0.25, 0.3) is 0 Å². The highest BCUT2D eigenvalue weighted by Crippen LogP contribution is 2.15. The van der Waals surface area contributed by atoms with Gasteiger partial charge in [-0.05, 0) is 31.5 Å². The van der Waals surface area contributed by atoms with Crippen LogP contribution in [0, 0.1) is 0 Å². The van der Waals surface area contributed by atoms with Crippen LogP contribution in [0.3, 0.4) is 0 Å². The zero-order valence-electron chi connectivity index (χ0n) is 11.2. The molecule has 18 heavy (non-hydrogen) atoms. The lowest BCUT2D eigenvalue weighted by molar-refractivity contribution is 0.535. The molecule has 0 aliphatic rings. The molecule has 0 saturated carbocycles. The van der Waals surface area contributed by atoms with Crippen LogP contribution in [-0.4, -0.2) is 27.5 Å². The molecular formula is C13H22N2O2S. The van der Waals surface area contributed by atoms with Crippen molar-refractivity contribution < 1.29 is 8.42 Å². The maximum Gasteiger partial charge on any atom is 0.240 e. The Morgan fingerprint density at radius 1 is 1.22 bits per heavy atom. The van der Waals surface area contributed by atoms with Gasteiger partial charge < -0.3 is 5.32 Å². The van der Waals surface area contributed by atoms with E-state index in [1.165, 1.54) is 0 Å². The molecule has 0 aliphatic carbocycles. The fourth-order valence-electron chi connectivity index (χ4n) is 1.79. The Morgan fingerprint density at radius 3 is 2.50 bits per heavy atom. The average Bonchev–Trinajstić information content (AvgIpc) is 2.37. The lowest BCUT2D eigenvalue weighted by Gasteiger charge is -2.15. The standard InChI is InChI=1S/C13H22N2O2S/c1-4-12-8-6-7-9-13(12)18(16,17)15-10-11(3)14-5-2/h6-9,11,14-15H,4-5,10H2,1-3H3/t11-/m1/s1. The number of hydrogen-bond acceptors (Lipinski definition) is 3. The summed E-state index contributed by atoms with van der Waals surface area (Å²) in [6, 6.07) is 7.24. The molecule has 4 nitrogen and oxygen atoms in total. The molecule has 0 amide bonds. The van der Waals surface area contributed by atoms with Crippen molar-refractivity contribution in [2.24, 2.45) is 0 Å². The first-order chi connectivity index (χ1) is 8.51. The summed E-state index contributed by atoms with van der Waals surface area (Å²) < 4.78 is 27.0. The summed E-state index contributed by atoms with van der Waals surface area (Å²) in [5.41, 5.74) is 0.848. The fraction of sp³-hybridized carbons (Fsp3) is 0.538. The van der Waals surface area contributed by atoms with Crippen LogP contribution in [0.15, 0.2) is 29.2 Å². The van der Waals surface area contributed by atoms with Gasteiger partial charge in [-0.25, -0.2) is 13.1 Å². The molecule has 0 bridgehead atoms. The SMILES string of the molecule is CCN[C@H](C)CNS(=O)(=O)c1ccccc1CC. The molecule has 0 spiro atoms. The quantitative estimate of drug-likeness (QED) is 0.790. The van der Waals surface area contributed by atoms with Gasteiger partial charge in [-0.2, -0.15) is 0 Å². The number of rotatable bonds is 7. The number of likely N-dealkylation sites (N-methyl/N-ethyl adjacent to an activating group) is 1. The highest BCUT2D eigenvalue weighted by atomic mass is 32.2. The van der Waals surface area contributed by atoms with E-state index < -0.39 is 10.0 Å². The van der Waals surface area contributed by atoms with Gasteiger partial charge in [0.15, 0.2) is 0 Å². The minimum atomic E-state index is -3.41. The first-order valence-corrected chi connectivity index (χ1v) is 7.80. The van der Waals surface area contributed by atoms with Gasteiger partial charge in [-0.1, -0.05) is 32.0 Å². The first kappa shape index (κ1) is 15.1. The van der Waals surface area contributed by atoms with Gasteiger partial charge in [0.2, 0.25) is 10.0 Å². The van der Waals surface area contributed by atoms with Gasteiger partial charge in [0.1, 0.15) is 0 Å². The van der Waals surface area contributed by atoms with Crippen LogP contribution in [0.2, 0.25) is 0 Å². The Labute approximate surface area is 110 Å². The summed E-state index contributed by atoms with van der Waals surface area (Å²) >= 11 is 0. The molecule has 0 saturated heterocycles. The Morgan fingerprint density at radius 2 is 1.89 bits per heavy atom. The summed E-state index contributed by atoms with van der Waals surface area (Å²) in [4.78, 5) is 0.385. The van der Waals surface area contributed by atoms with E-state index in [1.54, 1.807) is 12.1 Å². The van der Waals surface area contributed by atoms with Crippen molar-refractivity contribution in [1.29, 1.82) is 0 Å². The second-order valence-corrected chi connectivity index (χ2v) is 6.01. The van der Waals surface area contributed by atoms with Crippen molar-refractivity contribution in [3.63, 3.8) is 0 Å². The third-order valence-electron chi connectivity index (χ3n) is 2.78. The molecule has 0 aliphatic heterocycles. The molecule has 2 N–H and O–H groups in total. The van der Waals surface area contributed by atoms with Crippen LogP contribution in [0.5, 0.6) is 0 Å². The van der Waals surface area contributed by atoms with Crippen molar-refractivity contribution in [3.8, 4) is 0 Å². The Balaban J connectivity index is 2.80. The van der Waals surface area contributed by atoms with Crippen molar-refractivity contribution in [1.82, 2.24) is 10.0 Å². The number of sulfonamides is 1. The second-order valence-electron chi connectivity index (χ2n) is 4.27. The highest BCUT2D eigenvalue weighted by Gasteiger charge is 2.17. The smallest absolute Gasteiger partial charge is 0.240 e. The normalized spacial score (nSPS) is 13.5. The first-order valence-electron chi connectivity index (χ1n) is 6.32. The maximum absolute atomic E-state index is 12.2. The summed E-state index contributed by atoms with van der Waals surface area (Å²) in [6.45, 7) is 7.13. The molecule has 102 valence electrons. The number of nitrogens with one attached hydrogen (secondary N) is 2. The van der Waals surface area contributed by atoms with E-state index in [9.17, 15) is 8.42 Å². The summed E-state index contributed by atoms with van der Waals surface area (Å²) in [7, 11) is -3.41. The molecule has 1 aromatic rings. The Hall–Kier alpha value is -0.910. The van der Waals surface area contributed by atoms with Gasteiger partial charge >= 0.3 is 0 Å². The zero-order chi connectivity index (χ0) is 13.6. The third kappa shape index (κ3) is 4.08. The van der Waals surface area contributed by atoms with Crippen LogP contribution in [0.1, 0.15) is 26.3 Å². The summed E-state index contributed by atoms with van der Waals surface area (Å²) in [5, 5.41) is 3.17. The van der Waals surface area contributed by atoms with E-state index in [0.29, 0.717) is 17.9 Å². The Bertz CT molecular complexity index is 472. The van der Waals surface area contributed by atoms with Gasteiger partial charge in [-0.3, -0.25) is 0 Å².